The SMILES string of the molecule is CCOC(=O)CN(CCCOC)CC(=O)N1CCSC1c1ccc(F)cc1. The van der Waals surface area contributed by atoms with Crippen molar-refractivity contribution in [3.63, 3.8) is 0 Å². The van der Waals surface area contributed by atoms with Crippen LogP contribution in [0.15, 0.2) is 24.3 Å². The number of thioether (sulfide) groups is 1. The Morgan fingerprint density at radius 3 is 2.70 bits per heavy atom. The van der Waals surface area contributed by atoms with Gasteiger partial charge in [-0.1, -0.05) is 12.1 Å². The molecule has 1 heterocycles. The lowest BCUT2D eigenvalue weighted by molar-refractivity contribution is -0.145. The van der Waals surface area contributed by atoms with E-state index < -0.39 is 0 Å². The molecule has 2 rings (SSSR count). The van der Waals surface area contributed by atoms with Crippen LogP contribution in [0.4, 0.5) is 4.39 Å². The number of hydrogen-bond donors (Lipinski definition) is 0. The summed E-state index contributed by atoms with van der Waals surface area (Å²) >= 11 is 1.66. The van der Waals surface area contributed by atoms with Crippen molar-refractivity contribution in [2.24, 2.45) is 0 Å². The van der Waals surface area contributed by atoms with E-state index in [0.717, 1.165) is 17.7 Å². The van der Waals surface area contributed by atoms with Crippen LogP contribution < -0.4 is 0 Å². The number of amides is 1. The van der Waals surface area contributed by atoms with Gasteiger partial charge in [-0.05, 0) is 31.0 Å². The summed E-state index contributed by atoms with van der Waals surface area (Å²) in [5.74, 6) is 0.151. The number of benzene rings is 1. The topological polar surface area (TPSA) is 59.1 Å². The highest BCUT2D eigenvalue weighted by molar-refractivity contribution is 7.99. The van der Waals surface area contributed by atoms with Crippen LogP contribution >= 0.6 is 11.8 Å². The Kier molecular flexibility index (Phi) is 9.03. The third-order valence-electron chi connectivity index (χ3n) is 4.21. The largest absolute Gasteiger partial charge is 0.465 e. The summed E-state index contributed by atoms with van der Waals surface area (Å²) in [6, 6.07) is 6.25. The molecule has 1 aromatic rings. The van der Waals surface area contributed by atoms with Gasteiger partial charge in [0.25, 0.3) is 0 Å². The molecular weight excluding hydrogens is 371 g/mol. The molecule has 0 aliphatic carbocycles. The first kappa shape index (κ1) is 21.7. The molecule has 1 aliphatic rings. The molecule has 6 nitrogen and oxygen atoms in total. The van der Waals surface area contributed by atoms with Crippen molar-refractivity contribution in [1.82, 2.24) is 9.80 Å². The van der Waals surface area contributed by atoms with Gasteiger partial charge in [0.05, 0.1) is 19.7 Å². The van der Waals surface area contributed by atoms with Crippen molar-refractivity contribution in [2.75, 3.05) is 52.3 Å². The van der Waals surface area contributed by atoms with Gasteiger partial charge in [-0.15, -0.1) is 11.8 Å². The molecule has 0 aromatic heterocycles. The van der Waals surface area contributed by atoms with Gasteiger partial charge in [0.2, 0.25) is 5.91 Å². The zero-order valence-electron chi connectivity index (χ0n) is 15.9. The first-order valence-electron chi connectivity index (χ1n) is 9.08. The van der Waals surface area contributed by atoms with Gasteiger partial charge in [-0.25, -0.2) is 4.39 Å². The minimum absolute atomic E-state index is 0.0453. The fourth-order valence-electron chi connectivity index (χ4n) is 2.95. The fourth-order valence-corrected chi connectivity index (χ4v) is 4.22. The van der Waals surface area contributed by atoms with Crippen molar-refractivity contribution < 1.29 is 23.5 Å². The van der Waals surface area contributed by atoms with E-state index in [1.165, 1.54) is 12.1 Å². The molecule has 1 aromatic carbocycles. The van der Waals surface area contributed by atoms with Gasteiger partial charge >= 0.3 is 5.97 Å². The minimum atomic E-state index is -0.339. The van der Waals surface area contributed by atoms with Crippen LogP contribution in [-0.4, -0.2) is 73.9 Å². The van der Waals surface area contributed by atoms with E-state index in [0.29, 0.717) is 26.3 Å². The van der Waals surface area contributed by atoms with E-state index in [9.17, 15) is 14.0 Å². The maximum Gasteiger partial charge on any atom is 0.320 e. The van der Waals surface area contributed by atoms with E-state index in [4.69, 9.17) is 9.47 Å². The summed E-state index contributed by atoms with van der Waals surface area (Å²) in [5.41, 5.74) is 0.906. The van der Waals surface area contributed by atoms with Crippen molar-refractivity contribution in [3.8, 4) is 0 Å². The Bertz CT molecular complexity index is 614. The summed E-state index contributed by atoms with van der Waals surface area (Å²) in [6.07, 6.45) is 0.722. The van der Waals surface area contributed by atoms with Crippen LogP contribution in [-0.2, 0) is 19.1 Å². The lowest BCUT2D eigenvalue weighted by Gasteiger charge is -2.28. The maximum absolute atomic E-state index is 13.2. The number of rotatable bonds is 10. The smallest absolute Gasteiger partial charge is 0.320 e. The second-order valence-corrected chi connectivity index (χ2v) is 7.41. The van der Waals surface area contributed by atoms with Crippen LogP contribution in [0.3, 0.4) is 0 Å². The number of halogens is 1. The normalized spacial score (nSPS) is 16.7. The van der Waals surface area contributed by atoms with Gasteiger partial charge in [-0.3, -0.25) is 14.5 Å². The van der Waals surface area contributed by atoms with E-state index in [1.807, 2.05) is 0 Å². The zero-order valence-corrected chi connectivity index (χ0v) is 16.7. The van der Waals surface area contributed by atoms with E-state index in [2.05, 4.69) is 0 Å². The second kappa shape index (κ2) is 11.3. The maximum atomic E-state index is 13.2. The number of hydrogen-bond acceptors (Lipinski definition) is 6. The molecule has 0 spiro atoms. The predicted molar refractivity (Wildman–Crippen MR) is 103 cm³/mol. The molecule has 1 unspecified atom stereocenters. The standard InChI is InChI=1S/C19H27FN2O4S/c1-3-26-18(24)14-21(9-4-11-25-2)13-17(23)22-10-12-27-19(22)15-5-7-16(20)8-6-15/h5-8,19H,3-4,9-14H2,1-2H3. The monoisotopic (exact) mass is 398 g/mol. The molecule has 0 bridgehead atoms. The van der Waals surface area contributed by atoms with Crippen molar-refractivity contribution in [3.05, 3.63) is 35.6 Å². The van der Waals surface area contributed by atoms with Crippen LogP contribution in [0.25, 0.3) is 0 Å². The Morgan fingerprint density at radius 1 is 1.30 bits per heavy atom. The highest BCUT2D eigenvalue weighted by atomic mass is 32.2. The van der Waals surface area contributed by atoms with Gasteiger partial charge in [-0.2, -0.15) is 0 Å². The molecule has 0 N–H and O–H groups in total. The zero-order chi connectivity index (χ0) is 19.6. The van der Waals surface area contributed by atoms with Crippen LogP contribution in [0, 0.1) is 5.82 Å². The summed E-state index contributed by atoms with van der Waals surface area (Å²) < 4.78 is 23.3. The molecule has 0 saturated carbocycles. The summed E-state index contributed by atoms with van der Waals surface area (Å²) in [6.45, 7) is 4.05. The molecule has 1 saturated heterocycles. The molecule has 0 radical (unpaired) electrons. The number of nitrogens with zero attached hydrogens (tertiary/aromatic N) is 2. The molecule has 27 heavy (non-hydrogen) atoms. The van der Waals surface area contributed by atoms with Crippen molar-refractivity contribution in [2.45, 2.75) is 18.7 Å². The van der Waals surface area contributed by atoms with Gasteiger partial charge in [0, 0.05) is 32.6 Å². The Balaban J connectivity index is 2.00. The van der Waals surface area contributed by atoms with Gasteiger partial charge < -0.3 is 14.4 Å². The quantitative estimate of drug-likeness (QED) is 0.445. The number of carbonyl (C=O) groups is 2. The highest BCUT2D eigenvalue weighted by Gasteiger charge is 2.31. The molecular formula is C19H27FN2O4S. The molecule has 150 valence electrons. The average Bonchev–Trinajstić information content (AvgIpc) is 3.12. The van der Waals surface area contributed by atoms with E-state index in [-0.39, 0.29) is 36.2 Å². The second-order valence-electron chi connectivity index (χ2n) is 6.22. The van der Waals surface area contributed by atoms with Crippen molar-refractivity contribution in [1.29, 1.82) is 0 Å². The molecule has 1 aliphatic heterocycles. The number of methoxy groups -OCH3 is 1. The van der Waals surface area contributed by atoms with Crippen LogP contribution in [0.1, 0.15) is 24.3 Å². The molecule has 8 heteroatoms. The van der Waals surface area contributed by atoms with E-state index >= 15 is 0 Å². The van der Waals surface area contributed by atoms with E-state index in [1.54, 1.807) is 47.7 Å². The third-order valence-corrected chi connectivity index (χ3v) is 5.47. The summed E-state index contributed by atoms with van der Waals surface area (Å²) in [4.78, 5) is 28.3. The van der Waals surface area contributed by atoms with Crippen LogP contribution in [0.5, 0.6) is 0 Å². The number of carbonyl (C=O) groups excluding carboxylic acids is 2. The number of ether oxygens (including phenoxy) is 2. The minimum Gasteiger partial charge on any atom is -0.465 e. The Morgan fingerprint density at radius 2 is 2.04 bits per heavy atom. The highest BCUT2D eigenvalue weighted by Crippen LogP contribution is 2.37. The average molecular weight is 399 g/mol. The van der Waals surface area contributed by atoms with Crippen molar-refractivity contribution >= 4 is 23.6 Å². The molecule has 1 amide bonds. The Labute approximate surface area is 164 Å². The Hall–Kier alpha value is -1.64. The summed E-state index contributed by atoms with van der Waals surface area (Å²) in [7, 11) is 1.62. The van der Waals surface area contributed by atoms with Crippen LogP contribution in [0.2, 0.25) is 0 Å². The lowest BCUT2D eigenvalue weighted by Crippen LogP contribution is -2.42. The third kappa shape index (κ3) is 6.79. The first-order valence-corrected chi connectivity index (χ1v) is 10.1. The first-order chi connectivity index (χ1) is 13.0. The number of esters is 1. The fraction of sp³-hybridized carbons (Fsp3) is 0.579. The predicted octanol–water partition coefficient (Wildman–Crippen LogP) is 2.30. The lowest BCUT2D eigenvalue weighted by atomic mass is 10.2. The van der Waals surface area contributed by atoms with Gasteiger partial charge in [0.15, 0.2) is 0 Å². The molecule has 1 fully saturated rings. The molecule has 1 atom stereocenters. The summed E-state index contributed by atoms with van der Waals surface area (Å²) in [5, 5.41) is -0.124. The van der Waals surface area contributed by atoms with Gasteiger partial charge in [0.1, 0.15) is 11.2 Å².